The highest BCUT2D eigenvalue weighted by molar-refractivity contribution is 7.98. The molecule has 0 saturated carbocycles. The number of aryl methyl sites for hydroxylation is 1. The summed E-state index contributed by atoms with van der Waals surface area (Å²) in [5, 5.41) is 11.8. The van der Waals surface area contributed by atoms with E-state index in [2.05, 4.69) is 5.32 Å². The van der Waals surface area contributed by atoms with E-state index < -0.39 is 24.0 Å². The van der Waals surface area contributed by atoms with E-state index in [1.807, 2.05) is 20.1 Å². The summed E-state index contributed by atoms with van der Waals surface area (Å²) in [5.41, 5.74) is 0.549. The van der Waals surface area contributed by atoms with E-state index in [-0.39, 0.29) is 11.5 Å². The van der Waals surface area contributed by atoms with E-state index in [1.54, 1.807) is 19.2 Å². The van der Waals surface area contributed by atoms with Crippen LogP contribution in [0.4, 0.5) is 0 Å². The van der Waals surface area contributed by atoms with Crippen LogP contribution in [0.15, 0.2) is 23.1 Å². The van der Waals surface area contributed by atoms with Gasteiger partial charge in [0.2, 0.25) is 5.91 Å². The Morgan fingerprint density at radius 3 is 2.52 bits per heavy atom. The molecule has 0 aromatic carbocycles. The average molecular weight is 340 g/mol. The minimum Gasteiger partial charge on any atom is -0.480 e. The number of rotatable bonds is 8. The molecule has 0 aliphatic carbocycles. The highest BCUT2D eigenvalue weighted by atomic mass is 32.2. The second-order valence-corrected chi connectivity index (χ2v) is 6.80. The minimum absolute atomic E-state index is 0.148. The molecule has 128 valence electrons. The molecule has 2 atom stereocenters. The number of pyridine rings is 1. The lowest BCUT2D eigenvalue weighted by molar-refractivity contribution is -0.142. The van der Waals surface area contributed by atoms with E-state index in [4.69, 9.17) is 0 Å². The second kappa shape index (κ2) is 8.76. The average Bonchev–Trinajstić information content (AvgIpc) is 2.45. The summed E-state index contributed by atoms with van der Waals surface area (Å²) in [7, 11) is 0. The largest absolute Gasteiger partial charge is 0.480 e. The highest BCUT2D eigenvalue weighted by Gasteiger charge is 2.28. The Morgan fingerprint density at radius 2 is 2.04 bits per heavy atom. The van der Waals surface area contributed by atoms with Gasteiger partial charge < -0.3 is 15.0 Å². The van der Waals surface area contributed by atoms with Crippen LogP contribution in [0.2, 0.25) is 0 Å². The molecule has 1 aromatic heterocycles. The predicted molar refractivity (Wildman–Crippen MR) is 91.9 cm³/mol. The number of aromatic nitrogens is 1. The van der Waals surface area contributed by atoms with Gasteiger partial charge in [0, 0.05) is 12.3 Å². The Labute approximate surface area is 140 Å². The van der Waals surface area contributed by atoms with Crippen LogP contribution in [0.5, 0.6) is 0 Å². The van der Waals surface area contributed by atoms with Gasteiger partial charge in [0.05, 0.1) is 0 Å². The molecule has 7 heteroatoms. The number of carbonyl (C=O) groups excluding carboxylic acids is 1. The molecule has 0 fully saturated rings. The highest BCUT2D eigenvalue weighted by Crippen LogP contribution is 2.17. The van der Waals surface area contributed by atoms with Gasteiger partial charge in [-0.3, -0.25) is 9.59 Å². The smallest absolute Gasteiger partial charge is 0.326 e. The van der Waals surface area contributed by atoms with Crippen molar-refractivity contribution in [3.63, 3.8) is 0 Å². The number of carboxylic acid groups (broad SMARTS) is 1. The molecule has 1 amide bonds. The molecule has 0 bridgehead atoms. The van der Waals surface area contributed by atoms with Gasteiger partial charge in [-0.25, -0.2) is 4.79 Å². The molecule has 0 radical (unpaired) electrons. The number of carboxylic acids is 1. The molecule has 2 N–H and O–H groups in total. The summed E-state index contributed by atoms with van der Waals surface area (Å²) in [4.78, 5) is 36.0. The van der Waals surface area contributed by atoms with Crippen LogP contribution in [0.25, 0.3) is 0 Å². The third-order valence-electron chi connectivity index (χ3n) is 3.53. The van der Waals surface area contributed by atoms with E-state index in [0.717, 1.165) is 5.56 Å². The van der Waals surface area contributed by atoms with Crippen LogP contribution in [-0.4, -0.2) is 39.6 Å². The van der Waals surface area contributed by atoms with Gasteiger partial charge in [0.15, 0.2) is 0 Å². The van der Waals surface area contributed by atoms with Crippen LogP contribution in [-0.2, 0) is 9.59 Å². The molecule has 1 rings (SSSR count). The lowest BCUT2D eigenvalue weighted by Crippen LogP contribution is -2.47. The zero-order chi connectivity index (χ0) is 17.6. The van der Waals surface area contributed by atoms with Crippen LogP contribution in [0.3, 0.4) is 0 Å². The molecule has 0 saturated heterocycles. The number of carbonyl (C=O) groups is 2. The number of thioether (sulfide) groups is 1. The van der Waals surface area contributed by atoms with Crippen LogP contribution < -0.4 is 10.9 Å². The lowest BCUT2D eigenvalue weighted by atomic mass is 10.0. The standard InChI is InChI=1S/C16H24N2O4S/c1-10(2)14(18-7-5-11(3)9-13(18)19)15(20)17-12(16(21)22)6-8-23-4/h5,7,9-10,12,14H,6,8H2,1-4H3,(H,17,20)(H,21,22). The van der Waals surface area contributed by atoms with E-state index >= 15 is 0 Å². The molecule has 0 aliphatic heterocycles. The molecular formula is C16H24N2O4S. The van der Waals surface area contributed by atoms with E-state index in [1.165, 1.54) is 22.4 Å². The van der Waals surface area contributed by atoms with Crippen molar-refractivity contribution in [1.29, 1.82) is 0 Å². The maximum Gasteiger partial charge on any atom is 0.326 e. The first-order valence-corrected chi connectivity index (χ1v) is 8.88. The first-order valence-electron chi connectivity index (χ1n) is 7.48. The van der Waals surface area contributed by atoms with Gasteiger partial charge in [0.1, 0.15) is 12.1 Å². The van der Waals surface area contributed by atoms with Crippen molar-refractivity contribution in [1.82, 2.24) is 9.88 Å². The number of aliphatic carboxylic acids is 1. The lowest BCUT2D eigenvalue weighted by Gasteiger charge is -2.25. The summed E-state index contributed by atoms with van der Waals surface area (Å²) in [6.07, 6.45) is 3.80. The summed E-state index contributed by atoms with van der Waals surface area (Å²) in [6.45, 7) is 5.46. The van der Waals surface area contributed by atoms with Gasteiger partial charge in [0.25, 0.3) is 5.56 Å². The van der Waals surface area contributed by atoms with Gasteiger partial charge in [-0.1, -0.05) is 13.8 Å². The quantitative estimate of drug-likeness (QED) is 0.751. The second-order valence-electron chi connectivity index (χ2n) is 5.82. The van der Waals surface area contributed by atoms with Gasteiger partial charge in [-0.15, -0.1) is 0 Å². The molecule has 1 aromatic rings. The van der Waals surface area contributed by atoms with Crippen LogP contribution in [0, 0.1) is 12.8 Å². The first-order chi connectivity index (χ1) is 10.8. The molecule has 6 nitrogen and oxygen atoms in total. The van der Waals surface area contributed by atoms with Crippen molar-refractivity contribution < 1.29 is 14.7 Å². The maximum atomic E-state index is 12.6. The zero-order valence-electron chi connectivity index (χ0n) is 13.9. The van der Waals surface area contributed by atoms with Crippen molar-refractivity contribution in [2.75, 3.05) is 12.0 Å². The Balaban J connectivity index is 3.02. The molecule has 0 spiro atoms. The molecular weight excluding hydrogens is 316 g/mol. The Bertz CT molecular complexity index is 612. The number of nitrogens with one attached hydrogen (secondary N) is 1. The molecule has 23 heavy (non-hydrogen) atoms. The number of hydrogen-bond donors (Lipinski definition) is 2. The predicted octanol–water partition coefficient (Wildman–Crippen LogP) is 1.68. The summed E-state index contributed by atoms with van der Waals surface area (Å²) in [6, 6.07) is 1.54. The SMILES string of the molecule is CSCCC(NC(=O)C(C(C)C)n1ccc(C)cc1=O)C(=O)O. The first kappa shape index (κ1) is 19.3. The van der Waals surface area contributed by atoms with Crippen molar-refractivity contribution in [2.45, 2.75) is 39.3 Å². The third-order valence-corrected chi connectivity index (χ3v) is 4.17. The van der Waals surface area contributed by atoms with Crippen LogP contribution in [0.1, 0.15) is 31.9 Å². The third kappa shape index (κ3) is 5.42. The van der Waals surface area contributed by atoms with Crippen molar-refractivity contribution >= 4 is 23.6 Å². The fraction of sp³-hybridized carbons (Fsp3) is 0.562. The fourth-order valence-corrected chi connectivity index (χ4v) is 2.79. The Hall–Kier alpha value is -1.76. The van der Waals surface area contributed by atoms with Crippen molar-refractivity contribution in [3.05, 3.63) is 34.2 Å². The van der Waals surface area contributed by atoms with Crippen molar-refractivity contribution in [3.8, 4) is 0 Å². The van der Waals surface area contributed by atoms with E-state index in [9.17, 15) is 19.5 Å². The fourth-order valence-electron chi connectivity index (χ4n) is 2.32. The summed E-state index contributed by atoms with van der Waals surface area (Å²) in [5.74, 6) is -1.02. The van der Waals surface area contributed by atoms with Gasteiger partial charge in [-0.05, 0) is 42.9 Å². The summed E-state index contributed by atoms with van der Waals surface area (Å²) < 4.78 is 1.36. The molecule has 1 heterocycles. The molecule has 2 unspecified atom stereocenters. The number of nitrogens with zero attached hydrogens (tertiary/aromatic N) is 1. The van der Waals surface area contributed by atoms with Crippen LogP contribution >= 0.6 is 11.8 Å². The van der Waals surface area contributed by atoms with Crippen molar-refractivity contribution in [2.24, 2.45) is 5.92 Å². The summed E-state index contributed by atoms with van der Waals surface area (Å²) >= 11 is 1.52. The Kier molecular flexibility index (Phi) is 7.35. The number of hydrogen-bond acceptors (Lipinski definition) is 4. The molecule has 0 aliphatic rings. The minimum atomic E-state index is -1.06. The van der Waals surface area contributed by atoms with Gasteiger partial charge >= 0.3 is 5.97 Å². The normalized spacial score (nSPS) is 13.6. The van der Waals surface area contributed by atoms with E-state index in [0.29, 0.717) is 12.2 Å². The monoisotopic (exact) mass is 340 g/mol. The zero-order valence-corrected chi connectivity index (χ0v) is 14.7. The topological polar surface area (TPSA) is 88.4 Å². The maximum absolute atomic E-state index is 12.6. The van der Waals surface area contributed by atoms with Gasteiger partial charge in [-0.2, -0.15) is 11.8 Å². The Morgan fingerprint density at radius 1 is 1.39 bits per heavy atom. The number of amides is 1.